The molecule has 7 heteroatoms. The van der Waals surface area contributed by atoms with Crippen LogP contribution in [0, 0.1) is 0 Å². The van der Waals surface area contributed by atoms with E-state index in [0.29, 0.717) is 0 Å². The summed E-state index contributed by atoms with van der Waals surface area (Å²) >= 11 is 0. The van der Waals surface area contributed by atoms with Crippen LogP contribution in [0.15, 0.2) is 35.5 Å². The van der Waals surface area contributed by atoms with Gasteiger partial charge in [0.05, 0.1) is 0 Å². The molecule has 0 bridgehead atoms. The minimum atomic E-state index is -0.187. The number of hydrogen-bond acceptors (Lipinski definition) is 6. The first-order chi connectivity index (χ1) is 9.38. The van der Waals surface area contributed by atoms with Gasteiger partial charge in [-0.25, -0.2) is 0 Å². The third kappa shape index (κ3) is 51.7. The van der Waals surface area contributed by atoms with E-state index in [4.69, 9.17) is 0 Å². The van der Waals surface area contributed by atoms with E-state index in [1.54, 1.807) is 0 Å². The number of carbonyl (C=O) groups is 3. The fraction of sp³-hybridized carbons (Fsp3) is 0.400. The summed E-state index contributed by atoms with van der Waals surface area (Å²) in [4.78, 5) is 29.9. The molecule has 0 rings (SSSR count). The average molecular weight is 490 g/mol. The largest absolute Gasteiger partial charge is 3.00 e. The van der Waals surface area contributed by atoms with Gasteiger partial charge in [-0.3, -0.25) is 14.4 Å². The van der Waals surface area contributed by atoms with E-state index in [2.05, 4.69) is 0 Å². The molecule has 0 aromatic carbocycles. The number of carbonyl (C=O) groups excluding carboxylic acids is 3. The molecule has 0 aliphatic rings. The second-order valence-corrected chi connectivity index (χ2v) is 4.10. The van der Waals surface area contributed by atoms with Crippen molar-refractivity contribution in [1.29, 1.82) is 0 Å². The minimum absolute atomic E-state index is 0. The van der Waals surface area contributed by atoms with Crippen molar-refractivity contribution in [2.45, 2.75) is 41.5 Å². The van der Waals surface area contributed by atoms with Crippen LogP contribution in [0.1, 0.15) is 41.5 Å². The molecule has 22 heavy (non-hydrogen) atoms. The second kappa shape index (κ2) is 17.3. The summed E-state index contributed by atoms with van der Waals surface area (Å²) in [6, 6.07) is 0. The molecular weight excluding hydrogens is 468 g/mol. The van der Waals surface area contributed by atoms with Crippen LogP contribution >= 0.6 is 0 Å². The van der Waals surface area contributed by atoms with Crippen LogP contribution < -0.4 is 15.3 Å². The van der Waals surface area contributed by atoms with E-state index >= 15 is 0 Å². The average Bonchev–Trinajstić information content (AvgIpc) is 2.10. The second-order valence-electron chi connectivity index (χ2n) is 4.10. The molecule has 0 aromatic heterocycles. The quantitative estimate of drug-likeness (QED) is 0.390. The Morgan fingerprint density at radius 1 is 0.545 bits per heavy atom. The maximum absolute atomic E-state index is 9.98. The van der Waals surface area contributed by atoms with Gasteiger partial charge in [-0.05, 0) is 39.0 Å². The summed E-state index contributed by atoms with van der Waals surface area (Å²) in [6.07, 6.45) is 3.17. The third-order valence-corrected chi connectivity index (χ3v) is 1.22. The van der Waals surface area contributed by atoms with Gasteiger partial charge in [0.1, 0.15) is 0 Å². The summed E-state index contributed by atoms with van der Waals surface area (Å²) in [5.74, 6) is -1.12. The first kappa shape index (κ1) is 28.4. The van der Waals surface area contributed by atoms with Crippen LogP contribution in [-0.4, -0.2) is 17.3 Å². The standard InChI is InChI=1S/3C5H8O2.Ir/c3*1-4(6)3-5(2)7;/h3*3,6H,1-2H3;/q;;;+3/p-3. The van der Waals surface area contributed by atoms with Crippen molar-refractivity contribution in [3.05, 3.63) is 35.5 Å². The van der Waals surface area contributed by atoms with Gasteiger partial charge < -0.3 is 15.3 Å². The molecule has 0 aromatic rings. The Morgan fingerprint density at radius 2 is 0.682 bits per heavy atom. The van der Waals surface area contributed by atoms with Crippen molar-refractivity contribution in [2.24, 2.45) is 0 Å². The smallest absolute Gasteiger partial charge is 0.876 e. The van der Waals surface area contributed by atoms with Crippen molar-refractivity contribution >= 4 is 17.3 Å². The normalized spacial score (nSPS) is 10.9. The topological polar surface area (TPSA) is 120 Å². The molecule has 0 unspecified atom stereocenters. The molecule has 126 valence electrons. The predicted octanol–water partition coefficient (Wildman–Crippen LogP) is -0.484. The van der Waals surface area contributed by atoms with E-state index in [-0.39, 0.29) is 54.7 Å². The van der Waals surface area contributed by atoms with Crippen molar-refractivity contribution in [1.82, 2.24) is 0 Å². The Labute approximate surface area is 144 Å². The molecule has 0 heterocycles. The van der Waals surface area contributed by atoms with Crippen LogP contribution in [0.3, 0.4) is 0 Å². The summed E-state index contributed by atoms with van der Waals surface area (Å²) in [5, 5.41) is 29.9. The zero-order valence-corrected chi connectivity index (χ0v) is 15.9. The molecule has 0 aliphatic heterocycles. The van der Waals surface area contributed by atoms with E-state index in [9.17, 15) is 29.7 Å². The van der Waals surface area contributed by atoms with Gasteiger partial charge in [-0.2, -0.15) is 0 Å². The summed E-state index contributed by atoms with van der Waals surface area (Å²) < 4.78 is 0. The van der Waals surface area contributed by atoms with Gasteiger partial charge in [0.15, 0.2) is 17.3 Å². The first-order valence-electron chi connectivity index (χ1n) is 5.96. The SMILES string of the molecule is CC(=O)C=C(C)[O-].CC(=O)C=C(C)[O-].CC(=O)C=C(C)[O-].[Ir+3]. The molecule has 0 radical (unpaired) electrons. The Kier molecular flexibility index (Phi) is 22.4. The fourth-order valence-corrected chi connectivity index (χ4v) is 0.859. The van der Waals surface area contributed by atoms with E-state index in [1.807, 2.05) is 0 Å². The van der Waals surface area contributed by atoms with Crippen molar-refractivity contribution in [3.63, 3.8) is 0 Å². The Bertz CT molecular complexity index is 368. The molecule has 0 amide bonds. The van der Waals surface area contributed by atoms with Gasteiger partial charge in [0.25, 0.3) is 0 Å². The van der Waals surface area contributed by atoms with E-state index < -0.39 is 0 Å². The summed E-state index contributed by atoms with van der Waals surface area (Å²) in [7, 11) is 0. The fourth-order valence-electron chi connectivity index (χ4n) is 0.859. The number of rotatable bonds is 3. The molecule has 0 spiro atoms. The number of ketones is 3. The third-order valence-electron chi connectivity index (χ3n) is 1.22. The molecule has 0 aliphatic carbocycles. The Hall–Kier alpha value is -1.72. The van der Waals surface area contributed by atoms with Crippen LogP contribution in [0.4, 0.5) is 0 Å². The molecule has 0 saturated carbocycles. The first-order valence-corrected chi connectivity index (χ1v) is 5.96. The summed E-state index contributed by atoms with van der Waals surface area (Å²) in [5.41, 5.74) is 0. The molecule has 0 atom stereocenters. The zero-order chi connectivity index (χ0) is 17.6. The minimum Gasteiger partial charge on any atom is -0.876 e. The number of allylic oxidation sites excluding steroid dienone is 6. The van der Waals surface area contributed by atoms with Gasteiger partial charge in [-0.1, -0.05) is 20.8 Å². The number of hydrogen-bond donors (Lipinski definition) is 0. The molecule has 6 nitrogen and oxygen atoms in total. The van der Waals surface area contributed by atoms with Crippen LogP contribution in [-0.2, 0) is 34.5 Å². The van der Waals surface area contributed by atoms with Crippen LogP contribution in [0.2, 0.25) is 0 Å². The summed E-state index contributed by atoms with van der Waals surface area (Å²) in [6.45, 7) is 8.09. The van der Waals surface area contributed by atoms with Crippen molar-refractivity contribution < 1.29 is 49.8 Å². The van der Waals surface area contributed by atoms with Crippen molar-refractivity contribution in [2.75, 3.05) is 0 Å². The maximum atomic E-state index is 9.98. The molecule has 0 saturated heterocycles. The van der Waals surface area contributed by atoms with Crippen LogP contribution in [0.5, 0.6) is 0 Å². The maximum Gasteiger partial charge on any atom is 3.00 e. The Balaban J connectivity index is -0.000000108. The van der Waals surface area contributed by atoms with E-state index in [1.165, 1.54) is 41.5 Å². The molecular formula is C15H21IrO6. The molecule has 0 N–H and O–H groups in total. The predicted molar refractivity (Wildman–Crippen MR) is 73.3 cm³/mol. The van der Waals surface area contributed by atoms with E-state index in [0.717, 1.165) is 18.2 Å². The Morgan fingerprint density at radius 3 is 0.682 bits per heavy atom. The van der Waals surface area contributed by atoms with Gasteiger partial charge in [-0.15, -0.1) is 17.3 Å². The van der Waals surface area contributed by atoms with Gasteiger partial charge in [0.2, 0.25) is 0 Å². The van der Waals surface area contributed by atoms with Gasteiger partial charge in [0, 0.05) is 0 Å². The van der Waals surface area contributed by atoms with Crippen molar-refractivity contribution in [3.8, 4) is 0 Å². The monoisotopic (exact) mass is 490 g/mol. The van der Waals surface area contributed by atoms with Gasteiger partial charge >= 0.3 is 20.1 Å². The van der Waals surface area contributed by atoms with Crippen LogP contribution in [0.25, 0.3) is 0 Å². The zero-order valence-electron chi connectivity index (χ0n) is 13.5. The molecule has 0 fully saturated rings.